The Labute approximate surface area is 142 Å². The monoisotopic (exact) mass is 348 g/mol. The number of nitrogens with one attached hydrogen (secondary N) is 1. The zero-order chi connectivity index (χ0) is 16.9. The van der Waals surface area contributed by atoms with E-state index in [9.17, 15) is 9.59 Å². The van der Waals surface area contributed by atoms with Crippen LogP contribution in [0.3, 0.4) is 0 Å². The molecule has 3 heterocycles. The SMILES string of the molecule is COC(=O)c1sccc1NC(=O)c1cc(N2CCOCC2)ncn1. The Kier molecular flexibility index (Phi) is 5.02. The summed E-state index contributed by atoms with van der Waals surface area (Å²) in [6.07, 6.45) is 1.36. The number of carbonyl (C=O) groups is 2. The molecule has 2 aromatic rings. The highest BCUT2D eigenvalue weighted by molar-refractivity contribution is 7.12. The van der Waals surface area contributed by atoms with Gasteiger partial charge in [0.25, 0.3) is 5.91 Å². The predicted octanol–water partition coefficient (Wildman–Crippen LogP) is 1.41. The summed E-state index contributed by atoms with van der Waals surface area (Å²) in [6, 6.07) is 3.28. The minimum Gasteiger partial charge on any atom is -0.465 e. The van der Waals surface area contributed by atoms with Crippen molar-refractivity contribution in [1.29, 1.82) is 0 Å². The fourth-order valence-corrected chi connectivity index (χ4v) is 3.05. The van der Waals surface area contributed by atoms with Gasteiger partial charge < -0.3 is 19.7 Å². The minimum absolute atomic E-state index is 0.230. The van der Waals surface area contributed by atoms with Gasteiger partial charge in [-0.05, 0) is 11.4 Å². The summed E-state index contributed by atoms with van der Waals surface area (Å²) in [7, 11) is 1.30. The first-order valence-electron chi connectivity index (χ1n) is 7.31. The van der Waals surface area contributed by atoms with E-state index in [1.54, 1.807) is 17.5 Å². The smallest absolute Gasteiger partial charge is 0.350 e. The second-order valence-corrected chi connectivity index (χ2v) is 5.89. The maximum Gasteiger partial charge on any atom is 0.350 e. The molecule has 24 heavy (non-hydrogen) atoms. The summed E-state index contributed by atoms with van der Waals surface area (Å²) in [5.74, 6) is -0.218. The molecule has 1 fully saturated rings. The van der Waals surface area contributed by atoms with Gasteiger partial charge in [0, 0.05) is 19.2 Å². The Morgan fingerprint density at radius 3 is 2.88 bits per heavy atom. The average Bonchev–Trinajstić information content (AvgIpc) is 3.10. The van der Waals surface area contributed by atoms with E-state index in [2.05, 4.69) is 15.3 Å². The van der Waals surface area contributed by atoms with E-state index in [1.807, 2.05) is 4.90 Å². The molecule has 1 aliphatic heterocycles. The fraction of sp³-hybridized carbons (Fsp3) is 0.333. The molecule has 1 saturated heterocycles. The van der Waals surface area contributed by atoms with Crippen molar-refractivity contribution < 1.29 is 19.1 Å². The Balaban J connectivity index is 1.76. The van der Waals surface area contributed by atoms with E-state index in [4.69, 9.17) is 9.47 Å². The zero-order valence-corrected chi connectivity index (χ0v) is 13.8. The van der Waals surface area contributed by atoms with Gasteiger partial charge in [0.05, 0.1) is 26.0 Å². The van der Waals surface area contributed by atoms with E-state index in [1.165, 1.54) is 24.8 Å². The lowest BCUT2D eigenvalue weighted by Gasteiger charge is -2.27. The Bertz CT molecular complexity index is 743. The van der Waals surface area contributed by atoms with Gasteiger partial charge in [0.2, 0.25) is 0 Å². The summed E-state index contributed by atoms with van der Waals surface area (Å²) in [4.78, 5) is 34.7. The minimum atomic E-state index is -0.489. The maximum absolute atomic E-state index is 12.4. The molecule has 0 spiro atoms. The van der Waals surface area contributed by atoms with Crippen LogP contribution < -0.4 is 10.2 Å². The van der Waals surface area contributed by atoms with E-state index in [-0.39, 0.29) is 5.69 Å². The molecule has 2 aromatic heterocycles. The van der Waals surface area contributed by atoms with Crippen molar-refractivity contribution in [3.05, 3.63) is 34.4 Å². The van der Waals surface area contributed by atoms with Crippen molar-refractivity contribution in [2.45, 2.75) is 0 Å². The third-order valence-electron chi connectivity index (χ3n) is 3.50. The van der Waals surface area contributed by atoms with Crippen molar-refractivity contribution in [1.82, 2.24) is 9.97 Å². The van der Waals surface area contributed by atoms with E-state index in [0.717, 1.165) is 13.1 Å². The highest BCUT2D eigenvalue weighted by Crippen LogP contribution is 2.24. The molecule has 8 nitrogen and oxygen atoms in total. The number of esters is 1. The van der Waals surface area contributed by atoms with Crippen LogP contribution in [0.25, 0.3) is 0 Å². The summed E-state index contributed by atoms with van der Waals surface area (Å²) in [5.41, 5.74) is 0.636. The molecule has 1 amide bonds. The van der Waals surface area contributed by atoms with E-state index < -0.39 is 11.9 Å². The van der Waals surface area contributed by atoms with Gasteiger partial charge in [-0.3, -0.25) is 4.79 Å². The third kappa shape index (κ3) is 3.52. The van der Waals surface area contributed by atoms with Crippen molar-refractivity contribution in [2.75, 3.05) is 43.6 Å². The number of hydrogen-bond acceptors (Lipinski definition) is 8. The lowest BCUT2D eigenvalue weighted by Crippen LogP contribution is -2.37. The summed E-state index contributed by atoms with van der Waals surface area (Å²) >= 11 is 1.20. The van der Waals surface area contributed by atoms with E-state index in [0.29, 0.717) is 29.6 Å². The summed E-state index contributed by atoms with van der Waals surface area (Å²) < 4.78 is 10.0. The van der Waals surface area contributed by atoms with Crippen LogP contribution in [-0.4, -0.2) is 55.3 Å². The Morgan fingerprint density at radius 2 is 2.12 bits per heavy atom. The lowest BCUT2D eigenvalue weighted by molar-refractivity contribution is 0.0607. The highest BCUT2D eigenvalue weighted by Gasteiger charge is 2.19. The first kappa shape index (κ1) is 16.3. The number of aromatic nitrogens is 2. The number of thiophene rings is 1. The second-order valence-electron chi connectivity index (χ2n) is 4.97. The van der Waals surface area contributed by atoms with Crippen LogP contribution in [0.4, 0.5) is 11.5 Å². The Morgan fingerprint density at radius 1 is 1.33 bits per heavy atom. The van der Waals surface area contributed by atoms with Crippen molar-refractivity contribution in [3.8, 4) is 0 Å². The molecule has 0 aliphatic carbocycles. The number of hydrogen-bond donors (Lipinski definition) is 1. The van der Waals surface area contributed by atoms with Crippen molar-refractivity contribution in [2.24, 2.45) is 0 Å². The van der Waals surface area contributed by atoms with Crippen LogP contribution >= 0.6 is 11.3 Å². The second kappa shape index (κ2) is 7.37. The molecule has 9 heteroatoms. The average molecular weight is 348 g/mol. The third-order valence-corrected chi connectivity index (χ3v) is 4.40. The molecule has 3 rings (SSSR count). The van der Waals surface area contributed by atoms with Crippen molar-refractivity contribution >= 4 is 34.7 Å². The molecule has 0 radical (unpaired) electrons. The quantitative estimate of drug-likeness (QED) is 0.835. The number of rotatable bonds is 4. The number of amides is 1. The van der Waals surface area contributed by atoms with Gasteiger partial charge in [-0.1, -0.05) is 0 Å². The van der Waals surface area contributed by atoms with Crippen LogP contribution in [-0.2, 0) is 9.47 Å². The highest BCUT2D eigenvalue weighted by atomic mass is 32.1. The number of carbonyl (C=O) groups excluding carboxylic acids is 2. The number of ether oxygens (including phenoxy) is 2. The lowest BCUT2D eigenvalue weighted by atomic mass is 10.3. The molecule has 1 N–H and O–H groups in total. The van der Waals surface area contributed by atoms with Gasteiger partial charge in [-0.25, -0.2) is 14.8 Å². The molecule has 0 unspecified atom stereocenters. The van der Waals surface area contributed by atoms with Crippen LogP contribution in [0.2, 0.25) is 0 Å². The molecule has 0 aromatic carbocycles. The van der Waals surface area contributed by atoms with Gasteiger partial charge in [0.15, 0.2) is 0 Å². The van der Waals surface area contributed by atoms with Crippen LogP contribution in [0, 0.1) is 0 Å². The summed E-state index contributed by atoms with van der Waals surface area (Å²) in [6.45, 7) is 2.69. The molecular weight excluding hydrogens is 332 g/mol. The largest absolute Gasteiger partial charge is 0.465 e. The fourth-order valence-electron chi connectivity index (χ4n) is 2.28. The van der Waals surface area contributed by atoms with Gasteiger partial charge >= 0.3 is 5.97 Å². The van der Waals surface area contributed by atoms with Gasteiger partial charge in [-0.15, -0.1) is 11.3 Å². The number of anilines is 2. The van der Waals surface area contributed by atoms with Crippen LogP contribution in [0.5, 0.6) is 0 Å². The van der Waals surface area contributed by atoms with Crippen LogP contribution in [0.15, 0.2) is 23.8 Å². The van der Waals surface area contributed by atoms with Crippen molar-refractivity contribution in [3.63, 3.8) is 0 Å². The number of morpholine rings is 1. The van der Waals surface area contributed by atoms with Gasteiger partial charge in [-0.2, -0.15) is 0 Å². The Hall–Kier alpha value is -2.52. The molecule has 1 aliphatic rings. The first-order valence-corrected chi connectivity index (χ1v) is 8.19. The molecular formula is C15H16N4O4S. The predicted molar refractivity (Wildman–Crippen MR) is 88.7 cm³/mol. The normalized spacial score (nSPS) is 14.3. The number of methoxy groups -OCH3 is 1. The van der Waals surface area contributed by atoms with E-state index >= 15 is 0 Å². The molecule has 126 valence electrons. The molecule has 0 bridgehead atoms. The molecule has 0 atom stereocenters. The summed E-state index contributed by atoms with van der Waals surface area (Å²) in [5, 5.41) is 4.40. The van der Waals surface area contributed by atoms with Gasteiger partial charge in [0.1, 0.15) is 22.7 Å². The molecule has 0 saturated carbocycles. The van der Waals surface area contributed by atoms with Crippen LogP contribution in [0.1, 0.15) is 20.2 Å². The standard InChI is InChI=1S/C15H16N4O4S/c1-22-15(21)13-10(2-7-24-13)18-14(20)11-8-12(17-9-16-11)19-3-5-23-6-4-19/h2,7-9H,3-6H2,1H3,(H,18,20). The first-order chi connectivity index (χ1) is 11.7. The topological polar surface area (TPSA) is 93.7 Å². The zero-order valence-electron chi connectivity index (χ0n) is 13.0. The maximum atomic E-state index is 12.4. The number of nitrogens with zero attached hydrogens (tertiary/aromatic N) is 3.